The number of nitrogens with one attached hydrogen (secondary N) is 1. The topological polar surface area (TPSA) is 81.2 Å². The van der Waals surface area contributed by atoms with Crippen LogP contribution in [0.1, 0.15) is 11.4 Å². The van der Waals surface area contributed by atoms with E-state index in [1.807, 2.05) is 32.0 Å². The third kappa shape index (κ3) is 6.29. The molecule has 0 aliphatic carbocycles. The highest BCUT2D eigenvalue weighted by Gasteiger charge is 2.10. The Hall–Kier alpha value is -1.93. The zero-order chi connectivity index (χ0) is 17.5. The number of benzene rings is 1. The zero-order valence-corrected chi connectivity index (χ0v) is 15.6. The first-order chi connectivity index (χ1) is 11.4. The molecule has 2 rings (SSSR count). The van der Waals surface area contributed by atoms with Gasteiger partial charge in [0.05, 0.1) is 5.75 Å². The Morgan fingerprint density at radius 3 is 2.42 bits per heavy atom. The summed E-state index contributed by atoms with van der Waals surface area (Å²) in [6.07, 6.45) is 0. The van der Waals surface area contributed by atoms with Crippen molar-refractivity contribution in [3.05, 3.63) is 46.2 Å². The van der Waals surface area contributed by atoms with Crippen LogP contribution in [0.5, 0.6) is 0 Å². The van der Waals surface area contributed by atoms with Gasteiger partial charge in [0.15, 0.2) is 11.8 Å². The van der Waals surface area contributed by atoms with E-state index in [0.29, 0.717) is 10.8 Å². The molecule has 1 N–H and O–H groups in total. The first-order valence-corrected chi connectivity index (χ1v) is 8.86. The number of hydrogen-bond donors (Lipinski definition) is 1. The number of ether oxygens (including phenoxy) is 1. The Bertz CT molecular complexity index is 718. The number of hydrogen-bond acceptors (Lipinski definition) is 6. The number of amides is 1. The molecule has 1 aromatic heterocycles. The van der Waals surface area contributed by atoms with Gasteiger partial charge in [-0.15, -0.1) is 0 Å². The Kier molecular flexibility index (Phi) is 6.74. The van der Waals surface area contributed by atoms with Crippen LogP contribution in [0.15, 0.2) is 40.0 Å². The fourth-order valence-corrected chi connectivity index (χ4v) is 2.81. The number of anilines is 1. The number of rotatable bonds is 6. The van der Waals surface area contributed by atoms with Gasteiger partial charge < -0.3 is 10.1 Å². The van der Waals surface area contributed by atoms with Crippen molar-refractivity contribution in [3.8, 4) is 0 Å². The number of esters is 1. The Morgan fingerprint density at radius 1 is 1.17 bits per heavy atom. The quantitative estimate of drug-likeness (QED) is 0.448. The molecule has 0 saturated heterocycles. The average molecular weight is 410 g/mol. The second kappa shape index (κ2) is 8.79. The summed E-state index contributed by atoms with van der Waals surface area (Å²) < 4.78 is 5.86. The molecule has 8 heteroatoms. The standard InChI is InChI=1S/C16H16BrN3O3S/c1-10-7-11(2)19-16(18-10)24-9-15(22)23-8-14(21)20-13-5-3-12(17)4-6-13/h3-7H,8-9H2,1-2H3,(H,20,21). The third-order valence-electron chi connectivity index (χ3n) is 2.77. The van der Waals surface area contributed by atoms with Gasteiger partial charge in [0, 0.05) is 21.5 Å². The van der Waals surface area contributed by atoms with Gasteiger partial charge in [0.25, 0.3) is 5.91 Å². The number of aromatic nitrogens is 2. The highest BCUT2D eigenvalue weighted by molar-refractivity contribution is 9.10. The van der Waals surface area contributed by atoms with Gasteiger partial charge in [-0.25, -0.2) is 9.97 Å². The van der Waals surface area contributed by atoms with Crippen LogP contribution in [0.4, 0.5) is 5.69 Å². The van der Waals surface area contributed by atoms with E-state index in [2.05, 4.69) is 31.2 Å². The van der Waals surface area contributed by atoms with Crippen molar-refractivity contribution in [1.82, 2.24) is 9.97 Å². The number of nitrogens with zero attached hydrogens (tertiary/aromatic N) is 2. The predicted molar refractivity (Wildman–Crippen MR) is 96.0 cm³/mol. The molecule has 0 aliphatic heterocycles. The Balaban J connectivity index is 1.74. The molecule has 24 heavy (non-hydrogen) atoms. The lowest BCUT2D eigenvalue weighted by molar-refractivity contribution is -0.144. The van der Waals surface area contributed by atoms with Gasteiger partial charge in [0.1, 0.15) is 0 Å². The lowest BCUT2D eigenvalue weighted by atomic mass is 10.3. The molecule has 0 spiro atoms. The van der Waals surface area contributed by atoms with E-state index in [1.54, 1.807) is 12.1 Å². The van der Waals surface area contributed by atoms with E-state index >= 15 is 0 Å². The maximum absolute atomic E-state index is 11.7. The minimum atomic E-state index is -0.492. The number of carbonyl (C=O) groups is 2. The van der Waals surface area contributed by atoms with Gasteiger partial charge in [-0.3, -0.25) is 9.59 Å². The Labute approximate surface area is 152 Å². The molecule has 1 heterocycles. The van der Waals surface area contributed by atoms with Crippen LogP contribution in [-0.4, -0.2) is 34.2 Å². The molecular weight excluding hydrogens is 394 g/mol. The first-order valence-electron chi connectivity index (χ1n) is 7.08. The molecular formula is C16H16BrN3O3S. The number of halogens is 1. The maximum Gasteiger partial charge on any atom is 0.316 e. The van der Waals surface area contributed by atoms with Gasteiger partial charge in [-0.2, -0.15) is 0 Å². The van der Waals surface area contributed by atoms with E-state index in [1.165, 1.54) is 11.8 Å². The number of carbonyl (C=O) groups excluding carboxylic acids is 2. The molecule has 0 saturated carbocycles. The van der Waals surface area contributed by atoms with Gasteiger partial charge >= 0.3 is 5.97 Å². The largest absolute Gasteiger partial charge is 0.455 e. The van der Waals surface area contributed by atoms with Crippen molar-refractivity contribution in [2.75, 3.05) is 17.7 Å². The summed E-state index contributed by atoms with van der Waals surface area (Å²) in [4.78, 5) is 31.9. The molecule has 0 aliphatic rings. The van der Waals surface area contributed by atoms with Crippen LogP contribution in [0.25, 0.3) is 0 Å². The van der Waals surface area contributed by atoms with Crippen LogP contribution in [0, 0.1) is 13.8 Å². The van der Waals surface area contributed by atoms with Crippen LogP contribution in [0.3, 0.4) is 0 Å². The molecule has 0 fully saturated rings. The molecule has 0 unspecified atom stereocenters. The summed E-state index contributed by atoms with van der Waals surface area (Å²) in [5.41, 5.74) is 2.32. The van der Waals surface area contributed by atoms with Crippen molar-refractivity contribution < 1.29 is 14.3 Å². The van der Waals surface area contributed by atoms with Crippen LogP contribution in [0.2, 0.25) is 0 Å². The summed E-state index contributed by atoms with van der Waals surface area (Å²) in [5.74, 6) is -0.832. The Morgan fingerprint density at radius 2 is 1.79 bits per heavy atom. The predicted octanol–water partition coefficient (Wildman–Crippen LogP) is 3.13. The normalized spacial score (nSPS) is 10.3. The molecule has 0 atom stereocenters. The molecule has 6 nitrogen and oxygen atoms in total. The van der Waals surface area contributed by atoms with Gasteiger partial charge in [0.2, 0.25) is 0 Å². The molecule has 126 valence electrons. The van der Waals surface area contributed by atoms with Crippen molar-refractivity contribution >= 4 is 45.3 Å². The highest BCUT2D eigenvalue weighted by Crippen LogP contribution is 2.15. The summed E-state index contributed by atoms with van der Waals surface area (Å²) >= 11 is 4.49. The smallest absolute Gasteiger partial charge is 0.316 e. The van der Waals surface area contributed by atoms with Crippen molar-refractivity contribution in [2.24, 2.45) is 0 Å². The van der Waals surface area contributed by atoms with Crippen molar-refractivity contribution in [2.45, 2.75) is 19.0 Å². The van der Waals surface area contributed by atoms with Crippen LogP contribution in [-0.2, 0) is 14.3 Å². The molecule has 1 aromatic carbocycles. The van der Waals surface area contributed by atoms with E-state index in [0.717, 1.165) is 15.9 Å². The average Bonchev–Trinajstić information content (AvgIpc) is 2.52. The number of thioether (sulfide) groups is 1. The lowest BCUT2D eigenvalue weighted by Gasteiger charge is -2.07. The summed E-state index contributed by atoms with van der Waals surface area (Å²) in [5, 5.41) is 3.16. The first kappa shape index (κ1) is 18.4. The SMILES string of the molecule is Cc1cc(C)nc(SCC(=O)OCC(=O)Nc2ccc(Br)cc2)n1. The second-order valence-electron chi connectivity index (χ2n) is 4.94. The van der Waals surface area contributed by atoms with E-state index in [-0.39, 0.29) is 12.4 Å². The highest BCUT2D eigenvalue weighted by atomic mass is 79.9. The minimum Gasteiger partial charge on any atom is -0.455 e. The maximum atomic E-state index is 11.7. The van der Waals surface area contributed by atoms with E-state index < -0.39 is 11.9 Å². The molecule has 2 aromatic rings. The molecule has 0 radical (unpaired) electrons. The summed E-state index contributed by atoms with van der Waals surface area (Å²) in [7, 11) is 0. The van der Waals surface area contributed by atoms with Crippen LogP contribution >= 0.6 is 27.7 Å². The van der Waals surface area contributed by atoms with E-state index in [9.17, 15) is 9.59 Å². The van der Waals surface area contributed by atoms with Gasteiger partial charge in [-0.05, 0) is 44.2 Å². The molecule has 0 bridgehead atoms. The summed E-state index contributed by atoms with van der Waals surface area (Å²) in [6, 6.07) is 8.97. The second-order valence-corrected chi connectivity index (χ2v) is 6.80. The monoisotopic (exact) mass is 409 g/mol. The van der Waals surface area contributed by atoms with Crippen molar-refractivity contribution in [3.63, 3.8) is 0 Å². The summed E-state index contributed by atoms with van der Waals surface area (Å²) in [6.45, 7) is 3.40. The lowest BCUT2D eigenvalue weighted by Crippen LogP contribution is -2.21. The fraction of sp³-hybridized carbons (Fsp3) is 0.250. The zero-order valence-electron chi connectivity index (χ0n) is 13.2. The number of aryl methyl sites for hydroxylation is 2. The third-order valence-corrected chi connectivity index (χ3v) is 4.12. The van der Waals surface area contributed by atoms with Crippen LogP contribution < -0.4 is 5.32 Å². The van der Waals surface area contributed by atoms with Gasteiger partial charge in [-0.1, -0.05) is 27.7 Å². The van der Waals surface area contributed by atoms with Crippen molar-refractivity contribution in [1.29, 1.82) is 0 Å². The fourth-order valence-electron chi connectivity index (χ4n) is 1.80. The minimum absolute atomic E-state index is 0.0501. The molecule has 1 amide bonds. The van der Waals surface area contributed by atoms with E-state index in [4.69, 9.17) is 4.74 Å².